The zero-order valence-electron chi connectivity index (χ0n) is 7.80. The fourth-order valence-corrected chi connectivity index (χ4v) is 2.15. The molecular weight excluding hydrogens is 244 g/mol. The van der Waals surface area contributed by atoms with Crippen molar-refractivity contribution in [2.75, 3.05) is 5.32 Å². The molecule has 2 rings (SSSR count). The number of benzene rings is 1. The van der Waals surface area contributed by atoms with Crippen molar-refractivity contribution in [3.05, 3.63) is 28.2 Å². The molecule has 0 aromatic heterocycles. The van der Waals surface area contributed by atoms with Crippen molar-refractivity contribution < 1.29 is 4.79 Å². The van der Waals surface area contributed by atoms with E-state index >= 15 is 0 Å². The third-order valence-electron chi connectivity index (χ3n) is 2.37. The molecule has 0 radical (unpaired) electrons. The smallest absolute Gasteiger partial charge is 0.319 e. The molecule has 1 unspecified atom stereocenters. The van der Waals surface area contributed by atoms with Crippen LogP contribution in [0.2, 0.25) is 0 Å². The number of rotatable bonds is 1. The van der Waals surface area contributed by atoms with Crippen LogP contribution in [0.4, 0.5) is 10.5 Å². The summed E-state index contributed by atoms with van der Waals surface area (Å²) >= 11 is 3.42. The molecule has 2 amide bonds. The highest BCUT2D eigenvalue weighted by atomic mass is 79.9. The first kappa shape index (κ1) is 9.52. The molecule has 2 N–H and O–H groups in total. The molecule has 0 bridgehead atoms. The van der Waals surface area contributed by atoms with Gasteiger partial charge >= 0.3 is 6.03 Å². The molecular formula is C10H11BrN2O. The fraction of sp³-hybridized carbons (Fsp3) is 0.300. The van der Waals surface area contributed by atoms with E-state index in [1.54, 1.807) is 0 Å². The Balaban J connectivity index is 2.50. The summed E-state index contributed by atoms with van der Waals surface area (Å²) in [7, 11) is 0. The highest BCUT2D eigenvalue weighted by Crippen LogP contribution is 2.34. The SMILES string of the molecule is CCC1NC(=O)Nc2c(Br)cccc21. The molecule has 3 nitrogen and oxygen atoms in total. The molecule has 0 fully saturated rings. The van der Waals surface area contributed by atoms with Crippen molar-refractivity contribution in [1.82, 2.24) is 5.32 Å². The Kier molecular flexibility index (Phi) is 2.46. The van der Waals surface area contributed by atoms with E-state index in [1.807, 2.05) is 18.2 Å². The Morgan fingerprint density at radius 2 is 2.29 bits per heavy atom. The van der Waals surface area contributed by atoms with Gasteiger partial charge in [-0.1, -0.05) is 19.1 Å². The van der Waals surface area contributed by atoms with E-state index in [9.17, 15) is 4.79 Å². The number of hydrogen-bond acceptors (Lipinski definition) is 1. The summed E-state index contributed by atoms with van der Waals surface area (Å²) in [4.78, 5) is 11.3. The molecule has 0 saturated heterocycles. The van der Waals surface area contributed by atoms with Crippen molar-refractivity contribution in [3.63, 3.8) is 0 Å². The molecule has 0 spiro atoms. The summed E-state index contributed by atoms with van der Waals surface area (Å²) in [5.41, 5.74) is 2.03. The van der Waals surface area contributed by atoms with Crippen LogP contribution in [0.3, 0.4) is 0 Å². The lowest BCUT2D eigenvalue weighted by molar-refractivity contribution is 0.247. The van der Waals surface area contributed by atoms with Crippen LogP contribution in [0.15, 0.2) is 22.7 Å². The lowest BCUT2D eigenvalue weighted by Crippen LogP contribution is -2.37. The summed E-state index contributed by atoms with van der Waals surface area (Å²) in [5, 5.41) is 5.67. The van der Waals surface area contributed by atoms with Gasteiger partial charge in [0.1, 0.15) is 0 Å². The van der Waals surface area contributed by atoms with Crippen LogP contribution < -0.4 is 10.6 Å². The van der Waals surface area contributed by atoms with Crippen molar-refractivity contribution in [2.24, 2.45) is 0 Å². The van der Waals surface area contributed by atoms with E-state index in [1.165, 1.54) is 0 Å². The van der Waals surface area contributed by atoms with Gasteiger partial charge in [-0.25, -0.2) is 4.79 Å². The van der Waals surface area contributed by atoms with Crippen LogP contribution in [-0.2, 0) is 0 Å². The average Bonchev–Trinajstić information content (AvgIpc) is 2.18. The molecule has 1 atom stereocenters. The molecule has 1 aliphatic heterocycles. The maximum atomic E-state index is 11.3. The van der Waals surface area contributed by atoms with E-state index in [2.05, 4.69) is 33.5 Å². The molecule has 0 saturated carbocycles. The van der Waals surface area contributed by atoms with Crippen LogP contribution in [0.25, 0.3) is 0 Å². The first-order valence-electron chi connectivity index (χ1n) is 4.58. The third kappa shape index (κ3) is 1.50. The van der Waals surface area contributed by atoms with Gasteiger partial charge in [-0.3, -0.25) is 0 Å². The van der Waals surface area contributed by atoms with Gasteiger partial charge in [-0.15, -0.1) is 0 Å². The number of carbonyl (C=O) groups is 1. The normalized spacial score (nSPS) is 19.6. The molecule has 14 heavy (non-hydrogen) atoms. The minimum Gasteiger partial charge on any atom is -0.331 e. The van der Waals surface area contributed by atoms with Gasteiger partial charge in [0.2, 0.25) is 0 Å². The Morgan fingerprint density at radius 1 is 1.50 bits per heavy atom. The molecule has 1 aliphatic rings. The number of amides is 2. The number of fused-ring (bicyclic) bond motifs is 1. The van der Waals surface area contributed by atoms with Crippen molar-refractivity contribution in [2.45, 2.75) is 19.4 Å². The Morgan fingerprint density at radius 3 is 3.00 bits per heavy atom. The molecule has 74 valence electrons. The number of halogens is 1. The second-order valence-corrected chi connectivity index (χ2v) is 4.12. The summed E-state index contributed by atoms with van der Waals surface area (Å²) in [5.74, 6) is 0. The molecule has 1 aromatic rings. The lowest BCUT2D eigenvalue weighted by Gasteiger charge is -2.27. The highest BCUT2D eigenvalue weighted by Gasteiger charge is 2.23. The summed E-state index contributed by atoms with van der Waals surface area (Å²) in [6, 6.07) is 5.93. The van der Waals surface area contributed by atoms with E-state index < -0.39 is 0 Å². The zero-order chi connectivity index (χ0) is 10.1. The molecule has 1 aromatic carbocycles. The minimum absolute atomic E-state index is 0.122. The average molecular weight is 255 g/mol. The van der Waals surface area contributed by atoms with E-state index in [-0.39, 0.29) is 12.1 Å². The maximum Gasteiger partial charge on any atom is 0.319 e. The molecule has 4 heteroatoms. The first-order chi connectivity index (χ1) is 6.72. The van der Waals surface area contributed by atoms with Gasteiger partial charge in [0.25, 0.3) is 0 Å². The van der Waals surface area contributed by atoms with E-state index in [0.29, 0.717) is 0 Å². The number of hydrogen-bond donors (Lipinski definition) is 2. The van der Waals surface area contributed by atoms with Gasteiger partial charge in [0.05, 0.1) is 11.7 Å². The summed E-state index contributed by atoms with van der Waals surface area (Å²) in [6.45, 7) is 2.06. The lowest BCUT2D eigenvalue weighted by atomic mass is 10.0. The van der Waals surface area contributed by atoms with Gasteiger partial charge in [-0.05, 0) is 34.0 Å². The van der Waals surface area contributed by atoms with Crippen LogP contribution in [0, 0.1) is 0 Å². The summed E-state index contributed by atoms with van der Waals surface area (Å²) in [6.07, 6.45) is 0.900. The largest absolute Gasteiger partial charge is 0.331 e. The first-order valence-corrected chi connectivity index (χ1v) is 5.37. The predicted molar refractivity (Wildman–Crippen MR) is 59.3 cm³/mol. The molecule has 1 heterocycles. The Labute approximate surface area is 91.0 Å². The van der Waals surface area contributed by atoms with Crippen LogP contribution in [-0.4, -0.2) is 6.03 Å². The standard InChI is InChI=1S/C10H11BrN2O/c1-2-8-6-4-3-5-7(11)9(6)13-10(14)12-8/h3-5,8H,2H2,1H3,(H2,12,13,14). The van der Waals surface area contributed by atoms with Gasteiger partial charge in [-0.2, -0.15) is 0 Å². The topological polar surface area (TPSA) is 41.1 Å². The molecule has 0 aliphatic carbocycles. The number of para-hydroxylation sites is 1. The number of urea groups is 1. The Hall–Kier alpha value is -1.03. The number of anilines is 1. The highest BCUT2D eigenvalue weighted by molar-refractivity contribution is 9.10. The second kappa shape index (κ2) is 3.61. The number of nitrogens with one attached hydrogen (secondary N) is 2. The maximum absolute atomic E-state index is 11.3. The van der Waals surface area contributed by atoms with E-state index in [0.717, 1.165) is 22.1 Å². The van der Waals surface area contributed by atoms with Gasteiger partial charge in [0, 0.05) is 4.47 Å². The van der Waals surface area contributed by atoms with Gasteiger partial charge < -0.3 is 10.6 Å². The third-order valence-corrected chi connectivity index (χ3v) is 3.03. The Bertz CT molecular complexity index is 378. The van der Waals surface area contributed by atoms with Crippen LogP contribution in [0.1, 0.15) is 24.9 Å². The monoisotopic (exact) mass is 254 g/mol. The number of carbonyl (C=O) groups excluding carboxylic acids is 1. The van der Waals surface area contributed by atoms with Gasteiger partial charge in [0.15, 0.2) is 0 Å². The predicted octanol–water partition coefficient (Wildman–Crippen LogP) is 3.04. The summed E-state index contributed by atoms with van der Waals surface area (Å²) < 4.78 is 0.934. The van der Waals surface area contributed by atoms with Crippen LogP contribution >= 0.6 is 15.9 Å². The second-order valence-electron chi connectivity index (χ2n) is 3.26. The van der Waals surface area contributed by atoms with Crippen molar-refractivity contribution in [1.29, 1.82) is 0 Å². The van der Waals surface area contributed by atoms with Crippen molar-refractivity contribution in [3.8, 4) is 0 Å². The zero-order valence-corrected chi connectivity index (χ0v) is 9.39. The van der Waals surface area contributed by atoms with Crippen molar-refractivity contribution >= 4 is 27.6 Å². The van der Waals surface area contributed by atoms with E-state index in [4.69, 9.17) is 0 Å². The fourth-order valence-electron chi connectivity index (χ4n) is 1.67. The minimum atomic E-state index is -0.128. The van der Waals surface area contributed by atoms with Crippen LogP contribution in [0.5, 0.6) is 0 Å². The quantitative estimate of drug-likeness (QED) is 0.795.